The van der Waals surface area contributed by atoms with Crippen molar-refractivity contribution in [1.82, 2.24) is 4.98 Å². The van der Waals surface area contributed by atoms with E-state index in [-0.39, 0.29) is 6.10 Å². The fourth-order valence-corrected chi connectivity index (χ4v) is 1.81. The number of nitrogens with two attached hydrogens (primary N) is 1. The van der Waals surface area contributed by atoms with Gasteiger partial charge in [-0.15, -0.1) is 0 Å². The van der Waals surface area contributed by atoms with Crippen LogP contribution in [0.15, 0.2) is 30.6 Å². The first-order chi connectivity index (χ1) is 8.72. The van der Waals surface area contributed by atoms with Crippen molar-refractivity contribution in [2.75, 3.05) is 18.9 Å². The highest BCUT2D eigenvalue weighted by Crippen LogP contribution is 2.30. The molecule has 0 aliphatic rings. The minimum Gasteiger partial charge on any atom is -0.486 e. The molecule has 1 heterocycles. The van der Waals surface area contributed by atoms with E-state index >= 15 is 0 Å². The van der Waals surface area contributed by atoms with Crippen LogP contribution in [0.25, 0.3) is 10.8 Å². The van der Waals surface area contributed by atoms with Crippen molar-refractivity contribution in [3.63, 3.8) is 0 Å². The number of pyridine rings is 1. The Labute approximate surface area is 107 Å². The lowest BCUT2D eigenvalue weighted by Gasteiger charge is -2.16. The Bertz CT molecular complexity index is 528. The maximum Gasteiger partial charge on any atom is 0.143 e. The van der Waals surface area contributed by atoms with E-state index in [1.165, 1.54) is 0 Å². The third-order valence-electron chi connectivity index (χ3n) is 2.71. The van der Waals surface area contributed by atoms with Gasteiger partial charge in [0.2, 0.25) is 0 Å². The maximum atomic E-state index is 6.10. The maximum absolute atomic E-state index is 6.10. The van der Waals surface area contributed by atoms with Gasteiger partial charge in [0.15, 0.2) is 0 Å². The molecule has 0 saturated carbocycles. The van der Waals surface area contributed by atoms with Gasteiger partial charge in [0.05, 0.1) is 12.3 Å². The largest absolute Gasteiger partial charge is 0.486 e. The summed E-state index contributed by atoms with van der Waals surface area (Å²) in [6, 6.07) is 5.73. The molecule has 0 aliphatic carbocycles. The predicted molar refractivity (Wildman–Crippen MR) is 72.7 cm³/mol. The zero-order chi connectivity index (χ0) is 13.0. The number of rotatable bonds is 5. The molecule has 2 aromatic rings. The van der Waals surface area contributed by atoms with Gasteiger partial charge in [-0.2, -0.15) is 0 Å². The van der Waals surface area contributed by atoms with Gasteiger partial charge >= 0.3 is 0 Å². The summed E-state index contributed by atoms with van der Waals surface area (Å²) in [4.78, 5) is 4.07. The number of ether oxygens (including phenoxy) is 2. The molecule has 4 nitrogen and oxygen atoms in total. The average Bonchev–Trinajstić information content (AvgIpc) is 2.40. The molecule has 0 spiro atoms. The van der Waals surface area contributed by atoms with Crippen LogP contribution in [0.3, 0.4) is 0 Å². The zero-order valence-electron chi connectivity index (χ0n) is 10.7. The lowest BCUT2D eigenvalue weighted by molar-refractivity contribution is 0.0661. The van der Waals surface area contributed by atoms with Gasteiger partial charge in [0, 0.05) is 29.8 Å². The van der Waals surface area contributed by atoms with Gasteiger partial charge in [0.1, 0.15) is 11.9 Å². The number of nitrogens with zero attached hydrogens (tertiary/aromatic N) is 1. The topological polar surface area (TPSA) is 57.4 Å². The smallest absolute Gasteiger partial charge is 0.143 e. The van der Waals surface area contributed by atoms with Crippen LogP contribution in [0.1, 0.15) is 13.8 Å². The van der Waals surface area contributed by atoms with E-state index in [9.17, 15) is 0 Å². The van der Waals surface area contributed by atoms with E-state index in [0.29, 0.717) is 24.7 Å². The van der Waals surface area contributed by atoms with Crippen LogP contribution in [0.4, 0.5) is 5.69 Å². The molecule has 0 fully saturated rings. The van der Waals surface area contributed by atoms with E-state index in [1.54, 1.807) is 12.4 Å². The standard InChI is InChI=1S/C14H18N2O2/c1-3-17-9-10(2)18-13-5-4-11-8-16-7-6-12(11)14(13)15/h4-8,10H,3,9,15H2,1-2H3. The average molecular weight is 246 g/mol. The molecular formula is C14H18N2O2. The predicted octanol–water partition coefficient (Wildman–Crippen LogP) is 2.62. The summed E-state index contributed by atoms with van der Waals surface area (Å²) in [6.07, 6.45) is 3.50. The van der Waals surface area contributed by atoms with E-state index in [0.717, 1.165) is 10.8 Å². The monoisotopic (exact) mass is 246 g/mol. The van der Waals surface area contributed by atoms with E-state index in [1.807, 2.05) is 32.0 Å². The number of benzene rings is 1. The van der Waals surface area contributed by atoms with Crippen molar-refractivity contribution in [2.45, 2.75) is 20.0 Å². The number of fused-ring (bicyclic) bond motifs is 1. The van der Waals surface area contributed by atoms with Crippen molar-refractivity contribution in [3.05, 3.63) is 30.6 Å². The molecule has 1 aromatic heterocycles. The summed E-state index contributed by atoms with van der Waals surface area (Å²) < 4.78 is 11.1. The number of anilines is 1. The summed E-state index contributed by atoms with van der Waals surface area (Å²) >= 11 is 0. The van der Waals surface area contributed by atoms with Gasteiger partial charge in [-0.25, -0.2) is 0 Å². The van der Waals surface area contributed by atoms with Crippen molar-refractivity contribution in [3.8, 4) is 5.75 Å². The second kappa shape index (κ2) is 5.69. The molecule has 0 bridgehead atoms. The molecule has 2 N–H and O–H groups in total. The molecule has 4 heteroatoms. The number of nitrogen functional groups attached to an aromatic ring is 1. The fourth-order valence-electron chi connectivity index (χ4n) is 1.81. The Morgan fingerprint density at radius 1 is 1.33 bits per heavy atom. The van der Waals surface area contributed by atoms with Gasteiger partial charge < -0.3 is 15.2 Å². The van der Waals surface area contributed by atoms with E-state index in [4.69, 9.17) is 15.2 Å². The normalized spacial score (nSPS) is 12.6. The first-order valence-corrected chi connectivity index (χ1v) is 6.09. The summed E-state index contributed by atoms with van der Waals surface area (Å²) in [7, 11) is 0. The van der Waals surface area contributed by atoms with Gasteiger partial charge in [-0.3, -0.25) is 4.98 Å². The zero-order valence-corrected chi connectivity index (χ0v) is 10.7. The second-order valence-electron chi connectivity index (χ2n) is 4.16. The summed E-state index contributed by atoms with van der Waals surface area (Å²) in [6.45, 7) is 5.17. The molecule has 1 aromatic carbocycles. The summed E-state index contributed by atoms with van der Waals surface area (Å²) in [5.74, 6) is 0.695. The third kappa shape index (κ3) is 2.71. The highest BCUT2D eigenvalue weighted by atomic mass is 16.5. The first-order valence-electron chi connectivity index (χ1n) is 6.09. The van der Waals surface area contributed by atoms with Crippen LogP contribution in [0, 0.1) is 0 Å². The lowest BCUT2D eigenvalue weighted by atomic mass is 10.1. The van der Waals surface area contributed by atoms with Crippen LogP contribution < -0.4 is 10.5 Å². The van der Waals surface area contributed by atoms with Crippen LogP contribution in [-0.2, 0) is 4.74 Å². The van der Waals surface area contributed by atoms with E-state index in [2.05, 4.69) is 4.98 Å². The Balaban J connectivity index is 2.21. The quantitative estimate of drug-likeness (QED) is 0.824. The molecule has 0 saturated heterocycles. The molecule has 18 heavy (non-hydrogen) atoms. The molecule has 1 unspecified atom stereocenters. The van der Waals surface area contributed by atoms with Crippen LogP contribution >= 0.6 is 0 Å². The van der Waals surface area contributed by atoms with Crippen molar-refractivity contribution < 1.29 is 9.47 Å². The fraction of sp³-hybridized carbons (Fsp3) is 0.357. The second-order valence-corrected chi connectivity index (χ2v) is 4.16. The van der Waals surface area contributed by atoms with Crippen molar-refractivity contribution >= 4 is 16.5 Å². The number of hydrogen-bond acceptors (Lipinski definition) is 4. The van der Waals surface area contributed by atoms with Crippen LogP contribution in [0.2, 0.25) is 0 Å². The molecular weight excluding hydrogens is 228 g/mol. The minimum atomic E-state index is -0.0217. The van der Waals surface area contributed by atoms with Crippen LogP contribution in [-0.4, -0.2) is 24.3 Å². The minimum absolute atomic E-state index is 0.0217. The first kappa shape index (κ1) is 12.6. The van der Waals surface area contributed by atoms with Crippen molar-refractivity contribution in [1.29, 1.82) is 0 Å². The number of aromatic nitrogens is 1. The number of hydrogen-bond donors (Lipinski definition) is 1. The van der Waals surface area contributed by atoms with Gasteiger partial charge in [-0.05, 0) is 32.0 Å². The van der Waals surface area contributed by atoms with Crippen LogP contribution in [0.5, 0.6) is 5.75 Å². The Morgan fingerprint density at radius 3 is 2.94 bits per heavy atom. The molecule has 0 amide bonds. The Kier molecular flexibility index (Phi) is 3.99. The summed E-state index contributed by atoms with van der Waals surface area (Å²) in [5.41, 5.74) is 6.75. The molecule has 0 aliphatic heterocycles. The molecule has 96 valence electrons. The Morgan fingerprint density at radius 2 is 2.17 bits per heavy atom. The highest BCUT2D eigenvalue weighted by molar-refractivity contribution is 5.95. The molecule has 2 rings (SSSR count). The van der Waals surface area contributed by atoms with Gasteiger partial charge in [-0.1, -0.05) is 0 Å². The third-order valence-corrected chi connectivity index (χ3v) is 2.71. The SMILES string of the molecule is CCOCC(C)Oc1ccc2cnccc2c1N. The lowest BCUT2D eigenvalue weighted by Crippen LogP contribution is -2.19. The van der Waals surface area contributed by atoms with Gasteiger partial charge in [0.25, 0.3) is 0 Å². The molecule has 0 radical (unpaired) electrons. The van der Waals surface area contributed by atoms with Crippen molar-refractivity contribution in [2.24, 2.45) is 0 Å². The molecule has 1 atom stereocenters. The summed E-state index contributed by atoms with van der Waals surface area (Å²) in [5, 5.41) is 1.98. The Hall–Kier alpha value is -1.81. The van der Waals surface area contributed by atoms with E-state index < -0.39 is 0 Å². The highest BCUT2D eigenvalue weighted by Gasteiger charge is 2.09.